The molecule has 0 spiro atoms. The number of anilines is 2. The minimum absolute atomic E-state index is 0.232. The lowest BCUT2D eigenvalue weighted by Gasteiger charge is -2.27. The van der Waals surface area contributed by atoms with Crippen molar-refractivity contribution in [2.24, 2.45) is 0 Å². The Hall–Kier alpha value is -4.20. The highest BCUT2D eigenvalue weighted by Gasteiger charge is 2.20. The van der Waals surface area contributed by atoms with Crippen molar-refractivity contribution in [1.29, 1.82) is 0 Å². The fourth-order valence-electron chi connectivity index (χ4n) is 3.62. The summed E-state index contributed by atoms with van der Waals surface area (Å²) in [5.74, 6) is 0.606. The van der Waals surface area contributed by atoms with Gasteiger partial charge < -0.3 is 14.6 Å². The molecule has 0 fully saturated rings. The fraction of sp³-hybridized carbons (Fsp3) is 0.200. The van der Waals surface area contributed by atoms with Gasteiger partial charge in [-0.3, -0.25) is 4.79 Å². The maximum absolute atomic E-state index is 13.4. The summed E-state index contributed by atoms with van der Waals surface area (Å²) in [6.07, 6.45) is 3.16. The minimum atomic E-state index is -0.361. The van der Waals surface area contributed by atoms with Crippen LogP contribution < -0.4 is 10.2 Å². The van der Waals surface area contributed by atoms with Gasteiger partial charge in [0, 0.05) is 35.6 Å². The summed E-state index contributed by atoms with van der Waals surface area (Å²) in [7, 11) is 0. The summed E-state index contributed by atoms with van der Waals surface area (Å²) in [5, 5.41) is 15.0. The van der Waals surface area contributed by atoms with E-state index in [1.165, 1.54) is 4.68 Å². The van der Waals surface area contributed by atoms with Gasteiger partial charge in [-0.2, -0.15) is 4.68 Å². The number of carbonyl (C=O) groups excluding carboxylic acids is 1. The van der Waals surface area contributed by atoms with Crippen LogP contribution in [0.1, 0.15) is 26.5 Å². The van der Waals surface area contributed by atoms with Crippen LogP contribution in [-0.2, 0) is 4.79 Å². The number of nitrogens with one attached hydrogen (secondary N) is 1. The van der Waals surface area contributed by atoms with Gasteiger partial charge in [0.1, 0.15) is 11.5 Å². The third-order valence-corrected chi connectivity index (χ3v) is 5.21. The van der Waals surface area contributed by atoms with Crippen molar-refractivity contribution in [3.05, 3.63) is 78.8 Å². The Morgan fingerprint density at radius 3 is 2.48 bits per heavy atom. The number of nitrogens with zero attached hydrogens (tertiary/aromatic N) is 5. The lowest BCUT2D eigenvalue weighted by molar-refractivity contribution is -0.111. The smallest absolute Gasteiger partial charge is 0.274 e. The summed E-state index contributed by atoms with van der Waals surface area (Å²) >= 11 is 0. The van der Waals surface area contributed by atoms with E-state index in [1.54, 1.807) is 24.5 Å². The number of amides is 1. The second kappa shape index (κ2) is 9.95. The number of benzene rings is 2. The number of aromatic nitrogens is 4. The Labute approximate surface area is 192 Å². The number of rotatable bonds is 8. The van der Waals surface area contributed by atoms with Crippen LogP contribution in [0.4, 0.5) is 11.4 Å². The molecule has 8 heteroatoms. The van der Waals surface area contributed by atoms with Crippen molar-refractivity contribution in [3.8, 4) is 11.4 Å². The zero-order chi connectivity index (χ0) is 23.2. The Kier molecular flexibility index (Phi) is 6.64. The Balaban J connectivity index is 1.65. The molecule has 2 aromatic heterocycles. The van der Waals surface area contributed by atoms with Gasteiger partial charge in [-0.05, 0) is 67.6 Å². The molecule has 1 N–H and O–H groups in total. The number of tetrazole rings is 1. The van der Waals surface area contributed by atoms with E-state index < -0.39 is 0 Å². The number of hydrogen-bond donors (Lipinski definition) is 1. The Morgan fingerprint density at radius 1 is 1.09 bits per heavy atom. The molecule has 0 aliphatic heterocycles. The first-order valence-electron chi connectivity index (χ1n) is 10.8. The van der Waals surface area contributed by atoms with Gasteiger partial charge in [0.15, 0.2) is 5.82 Å². The molecule has 0 saturated heterocycles. The van der Waals surface area contributed by atoms with Crippen LogP contribution >= 0.6 is 0 Å². The monoisotopic (exact) mass is 442 g/mol. The fourth-order valence-corrected chi connectivity index (χ4v) is 3.62. The van der Waals surface area contributed by atoms with E-state index in [9.17, 15) is 4.79 Å². The largest absolute Gasteiger partial charge is 0.465 e. The molecule has 4 aromatic rings. The third kappa shape index (κ3) is 5.01. The van der Waals surface area contributed by atoms with Crippen molar-refractivity contribution in [1.82, 2.24) is 20.2 Å². The first-order chi connectivity index (χ1) is 16.1. The normalized spacial score (nSPS) is 11.6. The second-order valence-electron chi connectivity index (χ2n) is 7.71. The highest BCUT2D eigenvalue weighted by molar-refractivity contribution is 6.24. The van der Waals surface area contributed by atoms with Crippen molar-refractivity contribution in [2.45, 2.75) is 26.8 Å². The van der Waals surface area contributed by atoms with E-state index >= 15 is 0 Å². The molecule has 2 aromatic carbocycles. The molecule has 0 aliphatic carbocycles. The number of hydrogen-bond acceptors (Lipinski definition) is 6. The highest BCUT2D eigenvalue weighted by atomic mass is 16.3. The van der Waals surface area contributed by atoms with Crippen LogP contribution in [0, 0.1) is 0 Å². The van der Waals surface area contributed by atoms with Gasteiger partial charge >= 0.3 is 0 Å². The molecule has 168 valence electrons. The zero-order valence-electron chi connectivity index (χ0n) is 18.8. The van der Waals surface area contributed by atoms with Crippen molar-refractivity contribution >= 4 is 29.1 Å². The average Bonchev–Trinajstić information content (AvgIpc) is 3.51. The molecule has 0 bridgehead atoms. The summed E-state index contributed by atoms with van der Waals surface area (Å²) < 4.78 is 6.86. The van der Waals surface area contributed by atoms with Crippen molar-refractivity contribution in [2.75, 3.05) is 16.8 Å². The molecule has 0 unspecified atom stereocenters. The van der Waals surface area contributed by atoms with Gasteiger partial charge in [-0.25, -0.2) is 0 Å². The third-order valence-electron chi connectivity index (χ3n) is 5.21. The van der Waals surface area contributed by atoms with Crippen molar-refractivity contribution < 1.29 is 9.21 Å². The van der Waals surface area contributed by atoms with E-state index in [4.69, 9.17) is 4.42 Å². The van der Waals surface area contributed by atoms with Gasteiger partial charge in [-0.15, -0.1) is 5.10 Å². The molecule has 8 nitrogen and oxygen atoms in total. The molecule has 33 heavy (non-hydrogen) atoms. The van der Waals surface area contributed by atoms with Crippen LogP contribution in [0.15, 0.2) is 77.4 Å². The van der Waals surface area contributed by atoms with Crippen LogP contribution in [0.5, 0.6) is 0 Å². The topological polar surface area (TPSA) is 89.1 Å². The van der Waals surface area contributed by atoms with Gasteiger partial charge in [0.05, 0.1) is 6.26 Å². The van der Waals surface area contributed by atoms with Gasteiger partial charge in [0.2, 0.25) is 0 Å². The lowest BCUT2D eigenvalue weighted by Crippen LogP contribution is -2.30. The maximum atomic E-state index is 13.4. The predicted molar refractivity (Wildman–Crippen MR) is 129 cm³/mol. The van der Waals surface area contributed by atoms with Crippen LogP contribution in [0.3, 0.4) is 0 Å². The quantitative estimate of drug-likeness (QED) is 0.394. The molecule has 0 saturated carbocycles. The van der Waals surface area contributed by atoms with E-state index in [0.29, 0.717) is 23.3 Å². The van der Waals surface area contributed by atoms with Crippen LogP contribution in [-0.4, -0.2) is 38.7 Å². The first kappa shape index (κ1) is 22.0. The lowest BCUT2D eigenvalue weighted by atomic mass is 10.2. The Morgan fingerprint density at radius 2 is 1.85 bits per heavy atom. The van der Waals surface area contributed by atoms with E-state index in [1.807, 2.05) is 54.6 Å². The molecule has 1 amide bonds. The number of furan rings is 1. The average molecular weight is 443 g/mol. The predicted octanol–water partition coefficient (Wildman–Crippen LogP) is 4.80. The molecule has 0 atom stereocenters. The maximum Gasteiger partial charge on any atom is 0.274 e. The van der Waals surface area contributed by atoms with Crippen LogP contribution in [0.2, 0.25) is 0 Å². The number of carbonyl (C=O) groups is 1. The molecule has 0 radical (unpaired) electrons. The van der Waals surface area contributed by atoms with Crippen LogP contribution in [0.25, 0.3) is 23.2 Å². The summed E-state index contributed by atoms with van der Waals surface area (Å²) in [6, 6.07) is 21.2. The highest BCUT2D eigenvalue weighted by Crippen LogP contribution is 2.23. The van der Waals surface area contributed by atoms with Gasteiger partial charge in [0.25, 0.3) is 5.91 Å². The van der Waals surface area contributed by atoms with Crippen molar-refractivity contribution in [3.63, 3.8) is 0 Å². The Bertz CT molecular complexity index is 1210. The molecule has 2 heterocycles. The van der Waals surface area contributed by atoms with E-state index in [0.717, 1.165) is 17.8 Å². The van der Waals surface area contributed by atoms with E-state index in [-0.39, 0.29) is 11.6 Å². The molecule has 4 rings (SSSR count). The standard InChI is InChI=1S/C25H26N6O2/c1-4-30(18(2)3)21-14-12-20(13-15-21)26-25(32)23(17-22-11-8-16-33-22)31-24(27-28-29-31)19-9-6-5-7-10-19/h5-18H,4H2,1-3H3,(H,26,32). The van der Waals surface area contributed by atoms with Gasteiger partial charge in [-0.1, -0.05) is 30.3 Å². The zero-order valence-corrected chi connectivity index (χ0v) is 18.8. The molecule has 0 aliphatic rings. The summed E-state index contributed by atoms with van der Waals surface area (Å²) in [4.78, 5) is 15.6. The molecular weight excluding hydrogens is 416 g/mol. The van der Waals surface area contributed by atoms with E-state index in [2.05, 4.69) is 46.5 Å². The summed E-state index contributed by atoms with van der Waals surface area (Å²) in [5.41, 5.74) is 2.79. The SMILES string of the molecule is CCN(c1ccc(NC(=O)C(=Cc2ccco2)n2nnnc2-c2ccccc2)cc1)C(C)C. The minimum Gasteiger partial charge on any atom is -0.465 e. The first-order valence-corrected chi connectivity index (χ1v) is 10.8. The second-order valence-corrected chi connectivity index (χ2v) is 7.71. The molecular formula is C25H26N6O2. The summed E-state index contributed by atoms with van der Waals surface area (Å²) in [6.45, 7) is 7.33.